The molecule has 1 amide bonds. The summed E-state index contributed by atoms with van der Waals surface area (Å²) in [6.45, 7) is 5.25. The summed E-state index contributed by atoms with van der Waals surface area (Å²) < 4.78 is 5.03. The second kappa shape index (κ2) is 5.53. The Bertz CT molecular complexity index is 483. The number of carbonyl (C=O) groups is 2. The molecule has 1 atom stereocenters. The molecule has 0 aliphatic heterocycles. The van der Waals surface area contributed by atoms with Gasteiger partial charge in [-0.3, -0.25) is 4.79 Å². The van der Waals surface area contributed by atoms with Crippen LogP contribution in [0.3, 0.4) is 0 Å². The van der Waals surface area contributed by atoms with Crippen LogP contribution in [-0.4, -0.2) is 18.5 Å². The summed E-state index contributed by atoms with van der Waals surface area (Å²) in [5, 5.41) is 0. The van der Waals surface area contributed by atoms with Gasteiger partial charge in [0, 0.05) is 5.69 Å². The molecule has 0 aliphatic carbocycles. The van der Waals surface area contributed by atoms with Gasteiger partial charge >= 0.3 is 5.97 Å². The summed E-state index contributed by atoms with van der Waals surface area (Å²) >= 11 is 0. The molecule has 0 radical (unpaired) electrons. The van der Waals surface area contributed by atoms with E-state index in [2.05, 4.69) is 0 Å². The molecule has 0 spiro atoms. The number of carbonyl (C=O) groups excluding carboxylic acids is 2. The zero-order chi connectivity index (χ0) is 13.9. The zero-order valence-corrected chi connectivity index (χ0v) is 10.8. The van der Waals surface area contributed by atoms with E-state index in [4.69, 9.17) is 16.2 Å². The van der Waals surface area contributed by atoms with Gasteiger partial charge in [-0.1, -0.05) is 13.0 Å². The Morgan fingerprint density at radius 3 is 2.44 bits per heavy atom. The third-order valence-electron chi connectivity index (χ3n) is 2.78. The maximum atomic E-state index is 11.8. The second-order valence-electron chi connectivity index (χ2n) is 4.43. The number of rotatable bonds is 4. The van der Waals surface area contributed by atoms with Crippen LogP contribution in [-0.2, 0) is 9.53 Å². The number of nitrogen functional groups attached to an aromatic ring is 1. The van der Waals surface area contributed by atoms with E-state index in [1.54, 1.807) is 19.9 Å². The maximum Gasteiger partial charge on any atom is 0.338 e. The van der Waals surface area contributed by atoms with Gasteiger partial charge in [-0.25, -0.2) is 4.79 Å². The quantitative estimate of drug-likeness (QED) is 0.619. The molecule has 1 rings (SSSR count). The molecule has 0 saturated heterocycles. The van der Waals surface area contributed by atoms with Gasteiger partial charge in [0.25, 0.3) is 0 Å². The number of nitrogens with two attached hydrogens (primary N) is 2. The molecule has 0 aromatic heterocycles. The smallest absolute Gasteiger partial charge is 0.338 e. The monoisotopic (exact) mass is 250 g/mol. The van der Waals surface area contributed by atoms with Crippen molar-refractivity contribution < 1.29 is 14.3 Å². The Kier molecular flexibility index (Phi) is 4.31. The molecule has 0 fully saturated rings. The molecule has 18 heavy (non-hydrogen) atoms. The van der Waals surface area contributed by atoms with E-state index in [9.17, 15) is 9.59 Å². The van der Waals surface area contributed by atoms with Crippen LogP contribution < -0.4 is 11.5 Å². The first kappa shape index (κ1) is 14.0. The zero-order valence-electron chi connectivity index (χ0n) is 10.8. The van der Waals surface area contributed by atoms with Crippen molar-refractivity contribution in [3.05, 3.63) is 28.8 Å². The van der Waals surface area contributed by atoms with Gasteiger partial charge in [-0.05, 0) is 31.0 Å². The fourth-order valence-corrected chi connectivity index (χ4v) is 1.45. The topological polar surface area (TPSA) is 95.4 Å². The number of benzene rings is 1. The molecule has 98 valence electrons. The lowest BCUT2D eigenvalue weighted by molar-refractivity contribution is -0.122. The van der Waals surface area contributed by atoms with Crippen molar-refractivity contribution in [3.63, 3.8) is 0 Å². The summed E-state index contributed by atoms with van der Waals surface area (Å²) in [6, 6.07) is 3.41. The van der Waals surface area contributed by atoms with E-state index in [1.165, 1.54) is 0 Å². The van der Waals surface area contributed by atoms with Crippen LogP contribution >= 0.6 is 0 Å². The summed E-state index contributed by atoms with van der Waals surface area (Å²) in [6.07, 6.45) is 0. The molecule has 1 aromatic carbocycles. The Morgan fingerprint density at radius 1 is 1.28 bits per heavy atom. The van der Waals surface area contributed by atoms with E-state index in [1.807, 2.05) is 13.0 Å². The molecule has 5 nitrogen and oxygen atoms in total. The van der Waals surface area contributed by atoms with Gasteiger partial charge in [0.05, 0.1) is 11.5 Å². The highest BCUT2D eigenvalue weighted by Crippen LogP contribution is 2.18. The van der Waals surface area contributed by atoms with Crippen molar-refractivity contribution in [3.8, 4) is 0 Å². The van der Waals surface area contributed by atoms with Gasteiger partial charge in [0.1, 0.15) is 6.61 Å². The minimum Gasteiger partial charge on any atom is -0.461 e. The lowest BCUT2D eigenvalue weighted by Crippen LogP contribution is -2.26. The van der Waals surface area contributed by atoms with Crippen LogP contribution in [0.4, 0.5) is 5.69 Å². The van der Waals surface area contributed by atoms with Crippen molar-refractivity contribution in [1.82, 2.24) is 0 Å². The summed E-state index contributed by atoms with van der Waals surface area (Å²) in [5.41, 5.74) is 13.5. The van der Waals surface area contributed by atoms with Crippen LogP contribution in [0.1, 0.15) is 28.4 Å². The van der Waals surface area contributed by atoms with Gasteiger partial charge in [0.2, 0.25) is 5.91 Å². The van der Waals surface area contributed by atoms with E-state index in [0.29, 0.717) is 11.3 Å². The fraction of sp³-hybridized carbons (Fsp3) is 0.385. The average molecular weight is 250 g/mol. The third kappa shape index (κ3) is 3.23. The predicted molar refractivity (Wildman–Crippen MR) is 69.0 cm³/mol. The van der Waals surface area contributed by atoms with Crippen LogP contribution in [0.15, 0.2) is 12.1 Å². The summed E-state index contributed by atoms with van der Waals surface area (Å²) in [7, 11) is 0. The second-order valence-corrected chi connectivity index (χ2v) is 4.43. The summed E-state index contributed by atoms with van der Waals surface area (Å²) in [4.78, 5) is 22.7. The first-order valence-corrected chi connectivity index (χ1v) is 5.66. The van der Waals surface area contributed by atoms with Crippen LogP contribution in [0.2, 0.25) is 0 Å². The molecule has 5 heteroatoms. The van der Waals surface area contributed by atoms with Crippen LogP contribution in [0.5, 0.6) is 0 Å². The third-order valence-corrected chi connectivity index (χ3v) is 2.78. The van der Waals surface area contributed by atoms with Crippen molar-refractivity contribution >= 4 is 17.6 Å². The Morgan fingerprint density at radius 2 is 1.89 bits per heavy atom. The number of amides is 1. The van der Waals surface area contributed by atoms with Gasteiger partial charge in [0.15, 0.2) is 0 Å². The average Bonchev–Trinajstić information content (AvgIpc) is 2.30. The number of anilines is 1. The normalized spacial score (nSPS) is 11.9. The Hall–Kier alpha value is -2.04. The lowest BCUT2D eigenvalue weighted by atomic mass is 10.0. The Labute approximate surface area is 106 Å². The molecule has 0 heterocycles. The number of hydrogen-bond donors (Lipinski definition) is 2. The molecule has 4 N–H and O–H groups in total. The van der Waals surface area contributed by atoms with Crippen molar-refractivity contribution in [2.75, 3.05) is 12.3 Å². The molecule has 0 aliphatic rings. The molecule has 0 saturated carbocycles. The number of hydrogen-bond acceptors (Lipinski definition) is 4. The minimum absolute atomic E-state index is 0.0264. The number of aryl methyl sites for hydroxylation is 2. The van der Waals surface area contributed by atoms with E-state index in [0.717, 1.165) is 11.1 Å². The molecule has 1 aromatic rings. The largest absolute Gasteiger partial charge is 0.461 e. The first-order valence-electron chi connectivity index (χ1n) is 5.66. The van der Waals surface area contributed by atoms with Crippen molar-refractivity contribution in [2.24, 2.45) is 11.7 Å². The number of ether oxygens (including phenoxy) is 1. The van der Waals surface area contributed by atoms with Gasteiger partial charge in [-0.15, -0.1) is 0 Å². The van der Waals surface area contributed by atoms with Gasteiger partial charge in [-0.2, -0.15) is 0 Å². The SMILES string of the molecule is Cc1cc(C)c(C(=O)OCC(C)C(N)=O)cc1N. The number of esters is 1. The van der Waals surface area contributed by atoms with Crippen molar-refractivity contribution in [1.29, 1.82) is 0 Å². The molecule has 0 bridgehead atoms. The minimum atomic E-state index is -0.503. The van der Waals surface area contributed by atoms with E-state index < -0.39 is 17.8 Å². The highest BCUT2D eigenvalue weighted by Gasteiger charge is 2.16. The maximum absolute atomic E-state index is 11.8. The van der Waals surface area contributed by atoms with Gasteiger partial charge < -0.3 is 16.2 Å². The van der Waals surface area contributed by atoms with Crippen LogP contribution in [0, 0.1) is 19.8 Å². The van der Waals surface area contributed by atoms with Crippen molar-refractivity contribution in [2.45, 2.75) is 20.8 Å². The van der Waals surface area contributed by atoms with Crippen LogP contribution in [0.25, 0.3) is 0 Å². The molecular weight excluding hydrogens is 232 g/mol. The molecule has 1 unspecified atom stereocenters. The molecular formula is C13H18N2O3. The fourth-order valence-electron chi connectivity index (χ4n) is 1.45. The van der Waals surface area contributed by atoms with E-state index >= 15 is 0 Å². The standard InChI is InChI=1S/C13H18N2O3/c1-7-4-8(2)11(14)5-10(7)13(17)18-6-9(3)12(15)16/h4-5,9H,6,14H2,1-3H3,(H2,15,16). The predicted octanol–water partition coefficient (Wildman–Crippen LogP) is 1.16. The highest BCUT2D eigenvalue weighted by molar-refractivity contribution is 5.92. The first-order chi connectivity index (χ1) is 8.32. The highest BCUT2D eigenvalue weighted by atomic mass is 16.5. The summed E-state index contributed by atoms with van der Waals surface area (Å²) in [5.74, 6) is -1.49. The number of primary amides is 1. The Balaban J connectivity index is 2.79. The lowest BCUT2D eigenvalue weighted by Gasteiger charge is -2.11. The van der Waals surface area contributed by atoms with E-state index in [-0.39, 0.29) is 6.61 Å².